The average molecular weight is 514 g/mol. The number of aliphatic hydroxyl groups is 1. The molecule has 1 aliphatic heterocycles. The maximum Gasteiger partial charge on any atom is 0.269 e. The van der Waals surface area contributed by atoms with Crippen LogP contribution in [0.1, 0.15) is 33.9 Å². The largest absolute Gasteiger partial charge is 0.508 e. The Balaban J connectivity index is 1.46. The first-order valence-corrected chi connectivity index (χ1v) is 12.8. The highest BCUT2D eigenvalue weighted by atomic mass is 16.5. The van der Waals surface area contributed by atoms with Gasteiger partial charge in [0.05, 0.1) is 11.7 Å². The van der Waals surface area contributed by atoms with E-state index in [1.165, 1.54) is 6.07 Å². The molecule has 1 amide bonds. The van der Waals surface area contributed by atoms with Gasteiger partial charge in [0, 0.05) is 11.1 Å². The zero-order valence-corrected chi connectivity index (χ0v) is 21.1. The zero-order valence-electron chi connectivity index (χ0n) is 21.1. The number of nitrogens with zero attached hydrogens (tertiary/aromatic N) is 1. The van der Waals surface area contributed by atoms with E-state index in [4.69, 9.17) is 4.74 Å². The van der Waals surface area contributed by atoms with E-state index in [-0.39, 0.29) is 11.3 Å². The molecule has 0 aromatic heterocycles. The Morgan fingerprint density at radius 3 is 1.90 bits per heavy atom. The number of amides is 1. The van der Waals surface area contributed by atoms with E-state index in [0.29, 0.717) is 23.6 Å². The third-order valence-electron chi connectivity index (χ3n) is 7.18. The fourth-order valence-electron chi connectivity index (χ4n) is 5.30. The van der Waals surface area contributed by atoms with Crippen molar-refractivity contribution in [1.82, 2.24) is 0 Å². The summed E-state index contributed by atoms with van der Waals surface area (Å²) < 4.78 is 5.98. The Morgan fingerprint density at radius 1 is 0.692 bits per heavy atom. The summed E-state index contributed by atoms with van der Waals surface area (Å²) in [5.74, 6) is -0.297. The van der Waals surface area contributed by atoms with Crippen LogP contribution >= 0.6 is 0 Å². The standard InChI is InChI=1S/C34H27NO4/c36-31-21-20-27(39-23-24-12-4-1-5-13-24)22-29(31)34(38)28-18-10-11-19-30(28)35(33(34)37)32(25-14-6-2-7-15-25)26-16-8-3-9-17-26/h1-22,32,36,38H,23H2. The van der Waals surface area contributed by atoms with Crippen LogP contribution in [-0.4, -0.2) is 16.1 Å². The molecule has 1 unspecified atom stereocenters. The highest BCUT2D eigenvalue weighted by Crippen LogP contribution is 2.51. The first kappa shape index (κ1) is 24.5. The number of fused-ring (bicyclic) bond motifs is 1. The lowest BCUT2D eigenvalue weighted by Crippen LogP contribution is -2.43. The van der Waals surface area contributed by atoms with Gasteiger partial charge in [-0.2, -0.15) is 0 Å². The molecule has 0 spiro atoms. The highest BCUT2D eigenvalue weighted by molar-refractivity contribution is 6.10. The van der Waals surface area contributed by atoms with Gasteiger partial charge in [0.25, 0.3) is 5.91 Å². The summed E-state index contributed by atoms with van der Waals surface area (Å²) >= 11 is 0. The first-order valence-electron chi connectivity index (χ1n) is 12.8. The maximum absolute atomic E-state index is 14.4. The molecule has 192 valence electrons. The van der Waals surface area contributed by atoms with Gasteiger partial charge >= 0.3 is 0 Å². The summed E-state index contributed by atoms with van der Waals surface area (Å²) in [6.45, 7) is 0.310. The van der Waals surface area contributed by atoms with Gasteiger partial charge in [-0.1, -0.05) is 109 Å². The molecular weight excluding hydrogens is 486 g/mol. The SMILES string of the molecule is O=C1N(C(c2ccccc2)c2ccccc2)c2ccccc2C1(O)c1cc(OCc2ccccc2)ccc1O. The fraction of sp³-hybridized carbons (Fsp3) is 0.0882. The minimum Gasteiger partial charge on any atom is -0.508 e. The number of carbonyl (C=O) groups is 1. The van der Waals surface area contributed by atoms with Gasteiger partial charge in [-0.25, -0.2) is 0 Å². The molecule has 0 radical (unpaired) electrons. The van der Waals surface area contributed by atoms with Crippen LogP contribution in [-0.2, 0) is 17.0 Å². The van der Waals surface area contributed by atoms with Crippen LogP contribution in [0.4, 0.5) is 5.69 Å². The van der Waals surface area contributed by atoms with Gasteiger partial charge in [0.1, 0.15) is 18.1 Å². The van der Waals surface area contributed by atoms with E-state index >= 15 is 0 Å². The molecule has 0 fully saturated rings. The van der Waals surface area contributed by atoms with Gasteiger partial charge in [0.15, 0.2) is 0 Å². The molecule has 0 bridgehead atoms. The molecule has 0 saturated carbocycles. The third-order valence-corrected chi connectivity index (χ3v) is 7.18. The van der Waals surface area contributed by atoms with Crippen molar-refractivity contribution in [1.29, 1.82) is 0 Å². The second-order valence-corrected chi connectivity index (χ2v) is 9.58. The van der Waals surface area contributed by atoms with Crippen LogP contribution in [0.15, 0.2) is 133 Å². The summed E-state index contributed by atoms with van der Waals surface area (Å²) in [6, 6.07) is 40.5. The van der Waals surface area contributed by atoms with Crippen molar-refractivity contribution < 1.29 is 19.7 Å². The minimum atomic E-state index is -2.12. The predicted molar refractivity (Wildman–Crippen MR) is 151 cm³/mol. The normalized spacial score (nSPS) is 16.4. The van der Waals surface area contributed by atoms with E-state index in [1.54, 1.807) is 29.2 Å². The molecule has 1 aliphatic rings. The Morgan fingerprint density at radius 2 is 1.26 bits per heavy atom. The Kier molecular flexibility index (Phi) is 6.35. The number of aromatic hydroxyl groups is 1. The summed E-state index contributed by atoms with van der Waals surface area (Å²) in [6.07, 6.45) is 0. The van der Waals surface area contributed by atoms with Gasteiger partial charge in [-0.3, -0.25) is 9.69 Å². The average Bonchev–Trinajstić information content (AvgIpc) is 3.21. The number of benzene rings is 5. The lowest BCUT2D eigenvalue weighted by Gasteiger charge is -2.31. The summed E-state index contributed by atoms with van der Waals surface area (Å²) in [7, 11) is 0. The molecule has 0 saturated heterocycles. The molecule has 5 aromatic carbocycles. The van der Waals surface area contributed by atoms with Crippen LogP contribution < -0.4 is 9.64 Å². The summed E-state index contributed by atoms with van der Waals surface area (Å²) in [4.78, 5) is 16.1. The number of rotatable bonds is 7. The van der Waals surface area contributed by atoms with Gasteiger partial charge in [0.2, 0.25) is 5.60 Å². The molecule has 1 atom stereocenters. The molecule has 5 nitrogen and oxygen atoms in total. The van der Waals surface area contributed by atoms with Crippen molar-refractivity contribution in [2.45, 2.75) is 18.2 Å². The number of phenolic OH excluding ortho intramolecular Hbond substituents is 1. The van der Waals surface area contributed by atoms with Gasteiger partial charge < -0.3 is 14.9 Å². The van der Waals surface area contributed by atoms with Gasteiger partial charge in [-0.15, -0.1) is 0 Å². The summed E-state index contributed by atoms with van der Waals surface area (Å²) in [5, 5.41) is 23.2. The van der Waals surface area contributed by atoms with Crippen molar-refractivity contribution in [2.24, 2.45) is 0 Å². The van der Waals surface area contributed by atoms with Crippen LogP contribution in [0.5, 0.6) is 11.5 Å². The van der Waals surface area contributed by atoms with E-state index in [9.17, 15) is 15.0 Å². The highest BCUT2D eigenvalue weighted by Gasteiger charge is 2.54. The van der Waals surface area contributed by atoms with E-state index in [2.05, 4.69) is 0 Å². The number of hydrogen-bond donors (Lipinski definition) is 2. The van der Waals surface area contributed by atoms with Gasteiger partial charge in [-0.05, 0) is 41.0 Å². The van der Waals surface area contributed by atoms with Crippen molar-refractivity contribution in [3.63, 3.8) is 0 Å². The molecule has 2 N–H and O–H groups in total. The van der Waals surface area contributed by atoms with E-state index in [0.717, 1.165) is 16.7 Å². The van der Waals surface area contributed by atoms with Crippen molar-refractivity contribution in [3.8, 4) is 11.5 Å². The monoisotopic (exact) mass is 513 g/mol. The van der Waals surface area contributed by atoms with Crippen LogP contribution in [0.2, 0.25) is 0 Å². The molecule has 1 heterocycles. The van der Waals surface area contributed by atoms with E-state index in [1.807, 2.05) is 103 Å². The zero-order chi connectivity index (χ0) is 26.8. The molecular formula is C34H27NO4. The second-order valence-electron chi connectivity index (χ2n) is 9.58. The lowest BCUT2D eigenvalue weighted by atomic mass is 9.86. The van der Waals surface area contributed by atoms with Crippen LogP contribution in [0.3, 0.4) is 0 Å². The summed E-state index contributed by atoms with van der Waals surface area (Å²) in [5.41, 5.74) is 1.73. The molecule has 6 rings (SSSR count). The van der Waals surface area contributed by atoms with Crippen LogP contribution in [0, 0.1) is 0 Å². The number of phenols is 1. The number of para-hydroxylation sites is 1. The van der Waals surface area contributed by atoms with Crippen molar-refractivity contribution >= 4 is 11.6 Å². The number of ether oxygens (including phenoxy) is 1. The number of carbonyl (C=O) groups excluding carboxylic acids is 1. The molecule has 5 heteroatoms. The topological polar surface area (TPSA) is 70.0 Å². The third kappa shape index (κ3) is 4.33. The number of anilines is 1. The van der Waals surface area contributed by atoms with Crippen molar-refractivity contribution in [3.05, 3.63) is 161 Å². The predicted octanol–water partition coefficient (Wildman–Crippen LogP) is 6.34. The smallest absolute Gasteiger partial charge is 0.269 e. The number of hydrogen-bond acceptors (Lipinski definition) is 4. The molecule has 39 heavy (non-hydrogen) atoms. The van der Waals surface area contributed by atoms with Crippen molar-refractivity contribution in [2.75, 3.05) is 4.90 Å². The second kappa shape index (κ2) is 10.1. The minimum absolute atomic E-state index is 0.0767. The molecule has 0 aliphatic carbocycles. The quantitative estimate of drug-likeness (QED) is 0.266. The first-order chi connectivity index (χ1) is 19.1. The van der Waals surface area contributed by atoms with Crippen LogP contribution in [0.25, 0.3) is 0 Å². The Bertz CT molecular complexity index is 1570. The fourth-order valence-corrected chi connectivity index (χ4v) is 5.30. The Hall–Kier alpha value is -4.87. The van der Waals surface area contributed by atoms with E-state index < -0.39 is 17.6 Å². The molecule has 5 aromatic rings. The Labute approximate surface area is 227 Å². The lowest BCUT2D eigenvalue weighted by molar-refractivity contribution is -0.132. The maximum atomic E-state index is 14.4.